The summed E-state index contributed by atoms with van der Waals surface area (Å²) in [7, 11) is 0. The summed E-state index contributed by atoms with van der Waals surface area (Å²) in [6.45, 7) is 1.51. The van der Waals surface area contributed by atoms with Crippen molar-refractivity contribution in [1.29, 1.82) is 0 Å². The number of hydrogen-bond donors (Lipinski definition) is 1. The first-order chi connectivity index (χ1) is 13.3. The second-order valence-electron chi connectivity index (χ2n) is 7.27. The highest BCUT2D eigenvalue weighted by Crippen LogP contribution is 2.25. The van der Waals surface area contributed by atoms with Gasteiger partial charge in [-0.1, -0.05) is 25.3 Å². The Hall–Kier alpha value is -2.70. The Morgan fingerprint density at radius 2 is 2.04 bits per heavy atom. The van der Waals surface area contributed by atoms with Gasteiger partial charge in [0.15, 0.2) is 5.82 Å². The van der Waals surface area contributed by atoms with E-state index in [1.807, 2.05) is 22.9 Å². The van der Waals surface area contributed by atoms with Gasteiger partial charge in [-0.25, -0.2) is 4.68 Å². The first-order valence-corrected chi connectivity index (χ1v) is 9.79. The number of H-pyrrole nitrogens is 1. The van der Waals surface area contributed by atoms with Crippen molar-refractivity contribution < 1.29 is 4.74 Å². The summed E-state index contributed by atoms with van der Waals surface area (Å²) in [5.74, 6) is 2.42. The summed E-state index contributed by atoms with van der Waals surface area (Å²) in [6.07, 6.45) is 8.21. The van der Waals surface area contributed by atoms with Crippen LogP contribution in [-0.4, -0.2) is 31.8 Å². The molecule has 4 rings (SSSR count). The van der Waals surface area contributed by atoms with Crippen LogP contribution in [0.3, 0.4) is 0 Å². The fourth-order valence-corrected chi connectivity index (χ4v) is 3.86. The van der Waals surface area contributed by atoms with Gasteiger partial charge >= 0.3 is 0 Å². The lowest BCUT2D eigenvalue weighted by Crippen LogP contribution is -2.17. The summed E-state index contributed by atoms with van der Waals surface area (Å²) >= 11 is 0. The summed E-state index contributed by atoms with van der Waals surface area (Å²) in [6, 6.07) is 9.01. The van der Waals surface area contributed by atoms with Crippen LogP contribution in [0.25, 0.3) is 10.9 Å². The molecule has 0 unspecified atom stereocenters. The molecule has 1 saturated carbocycles. The van der Waals surface area contributed by atoms with E-state index in [0.29, 0.717) is 12.5 Å². The molecule has 3 aromatic rings. The highest BCUT2D eigenvalue weighted by molar-refractivity contribution is 5.84. The first-order valence-electron chi connectivity index (χ1n) is 9.79. The Balaban J connectivity index is 1.32. The van der Waals surface area contributed by atoms with Crippen LogP contribution < -0.4 is 10.3 Å². The molecular formula is C20H25N5O2. The molecule has 7 heteroatoms. The van der Waals surface area contributed by atoms with Gasteiger partial charge in [0.25, 0.3) is 0 Å². The number of tetrazole rings is 1. The fraction of sp³-hybridized carbons (Fsp3) is 0.500. The zero-order valence-corrected chi connectivity index (χ0v) is 15.4. The lowest BCUT2D eigenvalue weighted by Gasteiger charge is -2.21. The van der Waals surface area contributed by atoms with Gasteiger partial charge in [-0.2, -0.15) is 0 Å². The Bertz CT molecular complexity index is 943. The Labute approximate surface area is 157 Å². The molecule has 1 N–H and O–H groups in total. The molecule has 0 amide bonds. The van der Waals surface area contributed by atoms with Gasteiger partial charge in [0.2, 0.25) is 5.56 Å². The third-order valence-corrected chi connectivity index (χ3v) is 5.29. The van der Waals surface area contributed by atoms with Crippen molar-refractivity contribution in [3.05, 3.63) is 46.5 Å². The molecule has 0 atom stereocenters. The lowest BCUT2D eigenvalue weighted by molar-refractivity contribution is 0.295. The van der Waals surface area contributed by atoms with E-state index >= 15 is 0 Å². The van der Waals surface area contributed by atoms with Gasteiger partial charge in [0, 0.05) is 24.4 Å². The average Bonchev–Trinajstić information content (AvgIpc) is 3.12. The molecule has 2 heterocycles. The molecule has 7 nitrogen and oxygen atoms in total. The van der Waals surface area contributed by atoms with E-state index < -0.39 is 0 Å². The largest absolute Gasteiger partial charge is 0.493 e. The first kappa shape index (κ1) is 17.7. The van der Waals surface area contributed by atoms with Crippen LogP contribution in [0.2, 0.25) is 0 Å². The topological polar surface area (TPSA) is 85.7 Å². The molecule has 1 aliphatic rings. The van der Waals surface area contributed by atoms with E-state index in [4.69, 9.17) is 4.74 Å². The lowest BCUT2D eigenvalue weighted by atomic mass is 9.89. The maximum Gasteiger partial charge on any atom is 0.248 e. The number of hydrogen-bond acceptors (Lipinski definition) is 5. The van der Waals surface area contributed by atoms with Gasteiger partial charge < -0.3 is 9.72 Å². The summed E-state index contributed by atoms with van der Waals surface area (Å²) in [4.78, 5) is 14.3. The highest BCUT2D eigenvalue weighted by Gasteiger charge is 2.16. The monoisotopic (exact) mass is 367 g/mol. The minimum Gasteiger partial charge on any atom is -0.493 e. The standard InChI is InChI=1S/C20H25N5O2/c26-20-12-11-16-17(21-20)8-4-9-18(16)27-13-5-10-19-22-23-24-25(19)14-15-6-2-1-3-7-15/h4,8-9,11-12,15H,1-3,5-7,10,13-14H2,(H,21,26). The Morgan fingerprint density at radius 1 is 1.15 bits per heavy atom. The van der Waals surface area contributed by atoms with Gasteiger partial charge in [-0.15, -0.1) is 5.10 Å². The van der Waals surface area contributed by atoms with Gasteiger partial charge in [-0.3, -0.25) is 4.79 Å². The number of aromatic nitrogens is 5. The normalized spacial score (nSPS) is 15.3. The summed E-state index contributed by atoms with van der Waals surface area (Å²) in [5.41, 5.74) is 0.681. The number of aromatic amines is 1. The Kier molecular flexibility index (Phi) is 5.46. The number of benzene rings is 1. The van der Waals surface area contributed by atoms with Crippen LogP contribution in [-0.2, 0) is 13.0 Å². The van der Waals surface area contributed by atoms with E-state index in [2.05, 4.69) is 20.5 Å². The molecule has 0 saturated heterocycles. The van der Waals surface area contributed by atoms with Crippen LogP contribution in [0.1, 0.15) is 44.3 Å². The van der Waals surface area contributed by atoms with E-state index in [9.17, 15) is 4.79 Å². The van der Waals surface area contributed by atoms with Gasteiger partial charge in [0.05, 0.1) is 12.1 Å². The van der Waals surface area contributed by atoms with Crippen molar-refractivity contribution in [2.75, 3.05) is 6.61 Å². The molecule has 0 bridgehead atoms. The van der Waals surface area contributed by atoms with Crippen LogP contribution in [0.15, 0.2) is 35.1 Å². The smallest absolute Gasteiger partial charge is 0.248 e. The predicted molar refractivity (Wildman–Crippen MR) is 103 cm³/mol. The summed E-state index contributed by atoms with van der Waals surface area (Å²) < 4.78 is 7.92. The number of aryl methyl sites for hydroxylation is 1. The third kappa shape index (κ3) is 4.35. The second kappa shape index (κ2) is 8.33. The van der Waals surface area contributed by atoms with Crippen LogP contribution in [0, 0.1) is 5.92 Å². The predicted octanol–water partition coefficient (Wildman–Crippen LogP) is 3.11. The van der Waals surface area contributed by atoms with Crippen molar-refractivity contribution >= 4 is 10.9 Å². The molecule has 142 valence electrons. The van der Waals surface area contributed by atoms with Crippen LogP contribution >= 0.6 is 0 Å². The molecule has 1 fully saturated rings. The number of fused-ring (bicyclic) bond motifs is 1. The number of ether oxygens (including phenoxy) is 1. The summed E-state index contributed by atoms with van der Waals surface area (Å²) in [5, 5.41) is 13.1. The molecule has 1 aromatic carbocycles. The van der Waals surface area contributed by atoms with Crippen LogP contribution in [0.4, 0.5) is 0 Å². The van der Waals surface area contributed by atoms with E-state index in [1.54, 1.807) is 6.07 Å². The number of nitrogens with one attached hydrogen (secondary N) is 1. The minimum absolute atomic E-state index is 0.107. The molecule has 0 spiro atoms. The number of rotatable bonds is 7. The Morgan fingerprint density at radius 3 is 2.93 bits per heavy atom. The van der Waals surface area contributed by atoms with Crippen molar-refractivity contribution in [2.45, 2.75) is 51.5 Å². The molecule has 2 aromatic heterocycles. The quantitative estimate of drug-likeness (QED) is 0.649. The molecular weight excluding hydrogens is 342 g/mol. The van der Waals surface area contributed by atoms with E-state index in [-0.39, 0.29) is 5.56 Å². The van der Waals surface area contributed by atoms with Crippen molar-refractivity contribution in [3.63, 3.8) is 0 Å². The maximum atomic E-state index is 11.4. The highest BCUT2D eigenvalue weighted by atomic mass is 16.5. The molecule has 1 aliphatic carbocycles. The average molecular weight is 367 g/mol. The number of nitrogens with zero attached hydrogens (tertiary/aromatic N) is 4. The SMILES string of the molecule is O=c1ccc2c(OCCCc3nnnn3CC3CCCCC3)cccc2[nH]1. The maximum absolute atomic E-state index is 11.4. The number of pyridine rings is 1. The van der Waals surface area contributed by atoms with E-state index in [0.717, 1.165) is 41.9 Å². The van der Waals surface area contributed by atoms with E-state index in [1.165, 1.54) is 38.2 Å². The van der Waals surface area contributed by atoms with Gasteiger partial charge in [-0.05, 0) is 53.8 Å². The molecule has 0 radical (unpaired) electrons. The minimum atomic E-state index is -0.107. The van der Waals surface area contributed by atoms with Gasteiger partial charge in [0.1, 0.15) is 5.75 Å². The fourth-order valence-electron chi connectivity index (χ4n) is 3.86. The van der Waals surface area contributed by atoms with Crippen molar-refractivity contribution in [2.24, 2.45) is 5.92 Å². The zero-order chi connectivity index (χ0) is 18.5. The molecule has 27 heavy (non-hydrogen) atoms. The van der Waals surface area contributed by atoms with Crippen molar-refractivity contribution in [3.8, 4) is 5.75 Å². The third-order valence-electron chi connectivity index (χ3n) is 5.29. The zero-order valence-electron chi connectivity index (χ0n) is 15.4. The second-order valence-corrected chi connectivity index (χ2v) is 7.27. The molecule has 0 aliphatic heterocycles. The van der Waals surface area contributed by atoms with Crippen LogP contribution in [0.5, 0.6) is 5.75 Å². The van der Waals surface area contributed by atoms with Crippen molar-refractivity contribution in [1.82, 2.24) is 25.2 Å².